The van der Waals surface area contributed by atoms with E-state index in [-0.39, 0.29) is 5.58 Å². The first-order valence-electron chi connectivity index (χ1n) is 5.81. The molecule has 0 radical (unpaired) electrons. The van der Waals surface area contributed by atoms with Gasteiger partial charge in [-0.3, -0.25) is 0 Å². The van der Waals surface area contributed by atoms with Gasteiger partial charge in [0.1, 0.15) is 18.0 Å². The normalized spacial score (nSPS) is 22.2. The summed E-state index contributed by atoms with van der Waals surface area (Å²) in [5, 5.41) is 10.7. The number of para-hydroxylation sites is 1. The van der Waals surface area contributed by atoms with Gasteiger partial charge in [0.05, 0.1) is 19.8 Å². The fraction of sp³-hybridized carbons (Fsp3) is 0.385. The summed E-state index contributed by atoms with van der Waals surface area (Å²) in [5.41, 5.74) is 0.156. The SMILES string of the molecule is OC(c1cc2cccc(F)c2o1)C1COCCO1. The third-order valence-electron chi connectivity index (χ3n) is 3.00. The van der Waals surface area contributed by atoms with Crippen molar-refractivity contribution >= 4 is 11.0 Å². The molecule has 4 nitrogen and oxygen atoms in total. The largest absolute Gasteiger partial charge is 0.455 e. The van der Waals surface area contributed by atoms with Crippen molar-refractivity contribution in [3.63, 3.8) is 0 Å². The maximum atomic E-state index is 13.5. The van der Waals surface area contributed by atoms with Crippen molar-refractivity contribution in [3.8, 4) is 0 Å². The van der Waals surface area contributed by atoms with E-state index in [9.17, 15) is 9.50 Å². The van der Waals surface area contributed by atoms with Crippen LogP contribution in [0.25, 0.3) is 11.0 Å². The van der Waals surface area contributed by atoms with Gasteiger partial charge in [-0.1, -0.05) is 12.1 Å². The molecule has 0 aliphatic carbocycles. The Labute approximate surface area is 103 Å². The van der Waals surface area contributed by atoms with Crippen LogP contribution in [0, 0.1) is 5.82 Å². The quantitative estimate of drug-likeness (QED) is 0.888. The van der Waals surface area contributed by atoms with E-state index in [4.69, 9.17) is 13.9 Å². The van der Waals surface area contributed by atoms with Gasteiger partial charge in [-0.05, 0) is 12.1 Å². The Morgan fingerprint density at radius 3 is 2.94 bits per heavy atom. The van der Waals surface area contributed by atoms with Crippen molar-refractivity contribution in [1.29, 1.82) is 0 Å². The van der Waals surface area contributed by atoms with Crippen LogP contribution in [-0.2, 0) is 9.47 Å². The number of rotatable bonds is 2. The molecule has 0 bridgehead atoms. The highest BCUT2D eigenvalue weighted by Gasteiger charge is 2.27. The number of furan rings is 1. The minimum absolute atomic E-state index is 0.156. The van der Waals surface area contributed by atoms with Gasteiger partial charge in [-0.25, -0.2) is 4.39 Å². The van der Waals surface area contributed by atoms with E-state index < -0.39 is 18.0 Å². The van der Waals surface area contributed by atoms with Crippen molar-refractivity contribution < 1.29 is 23.4 Å². The Morgan fingerprint density at radius 2 is 2.22 bits per heavy atom. The summed E-state index contributed by atoms with van der Waals surface area (Å²) in [6.07, 6.45) is -1.42. The standard InChI is InChI=1S/C13H13FO4/c14-9-3-1-2-8-6-10(18-13(8)9)12(15)11-7-16-4-5-17-11/h1-3,6,11-12,15H,4-5,7H2. The summed E-state index contributed by atoms with van der Waals surface area (Å²) in [6.45, 7) is 1.27. The molecule has 1 aliphatic rings. The first-order chi connectivity index (χ1) is 8.75. The number of aliphatic hydroxyl groups is 1. The van der Waals surface area contributed by atoms with E-state index in [2.05, 4.69) is 0 Å². The minimum atomic E-state index is -0.947. The zero-order valence-corrected chi connectivity index (χ0v) is 9.64. The topological polar surface area (TPSA) is 51.8 Å². The Bertz CT molecular complexity index is 545. The molecule has 1 N–H and O–H groups in total. The van der Waals surface area contributed by atoms with Crippen molar-refractivity contribution in [2.75, 3.05) is 19.8 Å². The summed E-state index contributed by atoms with van der Waals surface area (Å²) in [5.74, 6) is -0.141. The highest BCUT2D eigenvalue weighted by molar-refractivity contribution is 5.78. The molecule has 0 saturated carbocycles. The van der Waals surface area contributed by atoms with Crippen LogP contribution in [0.4, 0.5) is 4.39 Å². The highest BCUT2D eigenvalue weighted by Crippen LogP contribution is 2.29. The zero-order chi connectivity index (χ0) is 12.5. The predicted molar refractivity (Wildman–Crippen MR) is 61.7 cm³/mol. The molecule has 2 aromatic rings. The van der Waals surface area contributed by atoms with Crippen LogP contribution >= 0.6 is 0 Å². The van der Waals surface area contributed by atoms with Gasteiger partial charge < -0.3 is 19.0 Å². The van der Waals surface area contributed by atoms with E-state index in [1.165, 1.54) is 6.07 Å². The maximum absolute atomic E-state index is 13.5. The van der Waals surface area contributed by atoms with Crippen molar-refractivity contribution in [2.24, 2.45) is 0 Å². The number of ether oxygens (including phenoxy) is 2. The Balaban J connectivity index is 1.91. The monoisotopic (exact) mass is 252 g/mol. The number of hydrogen-bond donors (Lipinski definition) is 1. The molecule has 2 unspecified atom stereocenters. The van der Waals surface area contributed by atoms with E-state index >= 15 is 0 Å². The van der Waals surface area contributed by atoms with Crippen molar-refractivity contribution in [3.05, 3.63) is 35.8 Å². The van der Waals surface area contributed by atoms with Gasteiger partial charge in [0.15, 0.2) is 11.4 Å². The fourth-order valence-corrected chi connectivity index (χ4v) is 2.06. The molecule has 1 aromatic carbocycles. The second-order valence-electron chi connectivity index (χ2n) is 4.24. The number of hydrogen-bond acceptors (Lipinski definition) is 4. The summed E-state index contributed by atoms with van der Waals surface area (Å²) in [4.78, 5) is 0. The number of fused-ring (bicyclic) bond motifs is 1. The van der Waals surface area contributed by atoms with Gasteiger partial charge in [0.2, 0.25) is 0 Å². The van der Waals surface area contributed by atoms with Gasteiger partial charge in [0, 0.05) is 5.39 Å². The van der Waals surface area contributed by atoms with Crippen LogP contribution in [-0.4, -0.2) is 31.0 Å². The molecule has 3 rings (SSSR count). The summed E-state index contributed by atoms with van der Waals surface area (Å²) < 4.78 is 29.4. The summed E-state index contributed by atoms with van der Waals surface area (Å²) in [7, 11) is 0. The second kappa shape index (κ2) is 4.68. The molecular formula is C13H13FO4. The molecule has 1 aliphatic heterocycles. The Kier molecular flexibility index (Phi) is 3.03. The van der Waals surface area contributed by atoms with E-state index in [0.29, 0.717) is 31.0 Å². The van der Waals surface area contributed by atoms with E-state index in [1.54, 1.807) is 18.2 Å². The third kappa shape index (κ3) is 2.01. The highest BCUT2D eigenvalue weighted by atomic mass is 19.1. The van der Waals surface area contributed by atoms with Gasteiger partial charge in [-0.2, -0.15) is 0 Å². The minimum Gasteiger partial charge on any atom is -0.455 e. The average molecular weight is 252 g/mol. The van der Waals surface area contributed by atoms with Crippen LogP contribution < -0.4 is 0 Å². The number of benzene rings is 1. The maximum Gasteiger partial charge on any atom is 0.170 e. The fourth-order valence-electron chi connectivity index (χ4n) is 2.06. The lowest BCUT2D eigenvalue weighted by molar-refractivity contribution is -0.137. The lowest BCUT2D eigenvalue weighted by Gasteiger charge is -2.25. The molecule has 5 heteroatoms. The zero-order valence-electron chi connectivity index (χ0n) is 9.64. The molecule has 0 amide bonds. The van der Waals surface area contributed by atoms with Gasteiger partial charge in [-0.15, -0.1) is 0 Å². The molecule has 1 aromatic heterocycles. The lowest BCUT2D eigenvalue weighted by atomic mass is 10.1. The molecule has 1 fully saturated rings. The predicted octanol–water partition coefficient (Wildman–Crippen LogP) is 2.02. The second-order valence-corrected chi connectivity index (χ2v) is 4.24. The van der Waals surface area contributed by atoms with Gasteiger partial charge in [0.25, 0.3) is 0 Å². The summed E-state index contributed by atoms with van der Waals surface area (Å²) in [6, 6.07) is 6.28. The Hall–Kier alpha value is -1.43. The van der Waals surface area contributed by atoms with Crippen molar-refractivity contribution in [2.45, 2.75) is 12.2 Å². The summed E-state index contributed by atoms with van der Waals surface area (Å²) >= 11 is 0. The first-order valence-corrected chi connectivity index (χ1v) is 5.81. The molecule has 1 saturated heterocycles. The van der Waals surface area contributed by atoms with Crippen molar-refractivity contribution in [1.82, 2.24) is 0 Å². The van der Waals surface area contributed by atoms with Crippen LogP contribution in [0.2, 0.25) is 0 Å². The average Bonchev–Trinajstić information content (AvgIpc) is 2.84. The molecule has 2 atom stereocenters. The first kappa shape index (κ1) is 11.6. The van der Waals surface area contributed by atoms with Crippen LogP contribution in [0.15, 0.2) is 28.7 Å². The Morgan fingerprint density at radius 1 is 1.33 bits per heavy atom. The number of aliphatic hydroxyl groups excluding tert-OH is 1. The molecule has 2 heterocycles. The van der Waals surface area contributed by atoms with Crippen LogP contribution in [0.3, 0.4) is 0 Å². The smallest absolute Gasteiger partial charge is 0.170 e. The van der Waals surface area contributed by atoms with E-state index in [0.717, 1.165) is 0 Å². The third-order valence-corrected chi connectivity index (χ3v) is 3.00. The molecular weight excluding hydrogens is 239 g/mol. The number of halogens is 1. The van der Waals surface area contributed by atoms with Crippen LogP contribution in [0.5, 0.6) is 0 Å². The van der Waals surface area contributed by atoms with Crippen LogP contribution in [0.1, 0.15) is 11.9 Å². The van der Waals surface area contributed by atoms with E-state index in [1.807, 2.05) is 0 Å². The molecule has 18 heavy (non-hydrogen) atoms. The van der Waals surface area contributed by atoms with Gasteiger partial charge >= 0.3 is 0 Å². The molecule has 0 spiro atoms. The lowest BCUT2D eigenvalue weighted by Crippen LogP contribution is -2.33. The molecule has 96 valence electrons.